The van der Waals surface area contributed by atoms with Crippen LogP contribution in [0.1, 0.15) is 21.5 Å². The third kappa shape index (κ3) is 5.57. The number of hydrogen-bond acceptors (Lipinski definition) is 8. The maximum atomic E-state index is 13.0. The van der Waals surface area contributed by atoms with Crippen LogP contribution in [0.3, 0.4) is 0 Å². The number of H-pyrrole nitrogens is 1. The molecule has 0 fully saturated rings. The normalized spacial score (nSPS) is 13.8. The summed E-state index contributed by atoms with van der Waals surface area (Å²) in [5.74, 6) is -0.313. The van der Waals surface area contributed by atoms with Crippen LogP contribution < -0.4 is 29.0 Å². The lowest BCUT2D eigenvalue weighted by atomic mass is 10.1. The number of ether oxygens (including phenoxy) is 5. The summed E-state index contributed by atoms with van der Waals surface area (Å²) in [5, 5.41) is 13.1. The molecule has 0 unspecified atom stereocenters. The van der Waals surface area contributed by atoms with Crippen LogP contribution in [0.4, 0.5) is 0 Å². The van der Waals surface area contributed by atoms with E-state index in [1.165, 1.54) is 45.6 Å². The lowest BCUT2D eigenvalue weighted by Gasteiger charge is -2.15. The van der Waals surface area contributed by atoms with Crippen LogP contribution in [0.15, 0.2) is 66.6 Å². The summed E-state index contributed by atoms with van der Waals surface area (Å²) in [7, 11) is 4.47. The number of aromatic nitrogens is 1. The largest absolute Gasteiger partial charge is 0.493 e. The van der Waals surface area contributed by atoms with Gasteiger partial charge in [0.1, 0.15) is 17.5 Å². The van der Waals surface area contributed by atoms with Gasteiger partial charge in [0, 0.05) is 35.2 Å². The molecule has 1 aromatic heterocycles. The molecule has 0 saturated heterocycles. The molecule has 5 rings (SSSR count). The van der Waals surface area contributed by atoms with Crippen molar-refractivity contribution in [2.24, 2.45) is 0 Å². The summed E-state index contributed by atoms with van der Waals surface area (Å²) >= 11 is 0. The number of carboxylic acid groups (broad SMARTS) is 1. The van der Waals surface area contributed by atoms with Crippen molar-refractivity contribution in [1.29, 1.82) is 0 Å². The molecule has 4 aromatic rings. The monoisotopic (exact) mass is 572 g/mol. The zero-order chi connectivity index (χ0) is 29.8. The maximum absolute atomic E-state index is 13.0. The molecule has 42 heavy (non-hydrogen) atoms. The van der Waals surface area contributed by atoms with Gasteiger partial charge in [0.05, 0.1) is 26.9 Å². The first-order valence-electron chi connectivity index (χ1n) is 12.9. The Balaban J connectivity index is 1.25. The second kappa shape index (κ2) is 12.0. The molecule has 1 atom stereocenters. The molecule has 1 aliphatic heterocycles. The van der Waals surface area contributed by atoms with Crippen molar-refractivity contribution in [3.05, 3.63) is 83.2 Å². The number of nitrogens with one attached hydrogen (secondary N) is 2. The Morgan fingerprint density at radius 3 is 2.55 bits per heavy atom. The predicted octanol–water partition coefficient (Wildman–Crippen LogP) is 4.00. The van der Waals surface area contributed by atoms with Gasteiger partial charge < -0.3 is 39.1 Å². The first-order valence-corrected chi connectivity index (χ1v) is 12.9. The fourth-order valence-corrected chi connectivity index (χ4v) is 4.74. The minimum absolute atomic E-state index is 0.0620. The minimum atomic E-state index is -1.16. The van der Waals surface area contributed by atoms with E-state index in [0.29, 0.717) is 28.4 Å². The molecule has 216 valence electrons. The summed E-state index contributed by atoms with van der Waals surface area (Å²) in [4.78, 5) is 40.6. The van der Waals surface area contributed by atoms with Crippen LogP contribution in [-0.2, 0) is 16.0 Å². The molecule has 0 saturated carbocycles. The SMILES string of the molecule is COc1ccc(/C=C2\Oc3cc(OCC(=O)N[C@@H](Cc4c[nH]c5ccccc45)C(=O)O)ccc3C2=O)c(OC)c1OC. The highest BCUT2D eigenvalue weighted by molar-refractivity contribution is 6.14. The second-order valence-electron chi connectivity index (χ2n) is 9.33. The van der Waals surface area contributed by atoms with E-state index in [0.717, 1.165) is 16.5 Å². The number of ketones is 1. The first-order chi connectivity index (χ1) is 20.3. The highest BCUT2D eigenvalue weighted by Crippen LogP contribution is 2.42. The standard InChI is InChI=1S/C31H28N2O9/c1-38-24-11-8-17(29(39-2)30(24)40-3)13-26-28(35)21-10-9-19(14-25(21)42-26)41-16-27(34)33-23(31(36)37)12-18-15-32-22-7-5-4-6-20(18)22/h4-11,13-15,23,32H,12,16H2,1-3H3,(H,33,34)(H,36,37)/b26-13-/t23-/m0/s1. The third-order valence-electron chi connectivity index (χ3n) is 6.76. The molecular formula is C31H28N2O9. The second-order valence-corrected chi connectivity index (χ2v) is 9.33. The molecule has 3 aromatic carbocycles. The molecule has 0 aliphatic carbocycles. The summed E-state index contributed by atoms with van der Waals surface area (Å²) < 4.78 is 27.6. The van der Waals surface area contributed by atoms with E-state index in [9.17, 15) is 19.5 Å². The first kappa shape index (κ1) is 28.1. The molecule has 1 amide bonds. The van der Waals surface area contributed by atoms with Crippen molar-refractivity contribution in [3.63, 3.8) is 0 Å². The lowest BCUT2D eigenvalue weighted by molar-refractivity contribution is -0.142. The smallest absolute Gasteiger partial charge is 0.326 e. The highest BCUT2D eigenvalue weighted by Gasteiger charge is 2.29. The fourth-order valence-electron chi connectivity index (χ4n) is 4.74. The van der Waals surface area contributed by atoms with E-state index in [-0.39, 0.29) is 29.5 Å². The van der Waals surface area contributed by atoms with Gasteiger partial charge in [-0.15, -0.1) is 0 Å². The Kier molecular flexibility index (Phi) is 8.00. The number of carbonyl (C=O) groups excluding carboxylic acids is 2. The molecule has 11 heteroatoms. The Morgan fingerprint density at radius 1 is 1.02 bits per heavy atom. The van der Waals surface area contributed by atoms with Crippen molar-refractivity contribution >= 4 is 34.6 Å². The topological polar surface area (TPSA) is 145 Å². The van der Waals surface area contributed by atoms with Gasteiger partial charge in [0.15, 0.2) is 23.9 Å². The van der Waals surface area contributed by atoms with Crippen molar-refractivity contribution in [3.8, 4) is 28.7 Å². The van der Waals surface area contributed by atoms with E-state index in [1.807, 2.05) is 24.3 Å². The van der Waals surface area contributed by atoms with E-state index in [4.69, 9.17) is 23.7 Å². The number of aliphatic carboxylic acids is 1. The van der Waals surface area contributed by atoms with Crippen molar-refractivity contribution in [2.45, 2.75) is 12.5 Å². The molecule has 1 aliphatic rings. The number of rotatable bonds is 11. The van der Waals surface area contributed by atoms with Crippen LogP contribution in [0.2, 0.25) is 0 Å². The van der Waals surface area contributed by atoms with Crippen molar-refractivity contribution in [2.75, 3.05) is 27.9 Å². The van der Waals surface area contributed by atoms with Crippen molar-refractivity contribution < 1.29 is 43.2 Å². The number of carboxylic acids is 1. The number of fused-ring (bicyclic) bond motifs is 2. The Bertz CT molecular complexity index is 1710. The number of allylic oxidation sites excluding steroid dienone is 1. The molecule has 0 bridgehead atoms. The summed E-state index contributed by atoms with van der Waals surface area (Å²) in [6.07, 6.45) is 3.37. The number of aromatic amines is 1. The molecule has 0 spiro atoms. The maximum Gasteiger partial charge on any atom is 0.326 e. The van der Waals surface area contributed by atoms with Gasteiger partial charge in [-0.05, 0) is 42.0 Å². The van der Waals surface area contributed by atoms with E-state index in [2.05, 4.69) is 10.3 Å². The number of methoxy groups -OCH3 is 3. The van der Waals surface area contributed by atoms with E-state index < -0.39 is 24.5 Å². The number of benzene rings is 3. The summed E-state index contributed by atoms with van der Waals surface area (Å²) in [6.45, 7) is -0.435. The van der Waals surface area contributed by atoms with Gasteiger partial charge in [-0.3, -0.25) is 9.59 Å². The zero-order valence-corrected chi connectivity index (χ0v) is 23.1. The average Bonchev–Trinajstić information content (AvgIpc) is 3.55. The lowest BCUT2D eigenvalue weighted by Crippen LogP contribution is -2.44. The van der Waals surface area contributed by atoms with Crippen molar-refractivity contribution in [1.82, 2.24) is 10.3 Å². The van der Waals surface area contributed by atoms with Gasteiger partial charge in [-0.2, -0.15) is 0 Å². The van der Waals surface area contributed by atoms with Gasteiger partial charge in [0.2, 0.25) is 11.5 Å². The number of Topliss-reactive ketones (excluding diaryl/α,β-unsaturated/α-hetero) is 1. The van der Waals surface area contributed by atoms with E-state index in [1.54, 1.807) is 18.3 Å². The summed E-state index contributed by atoms with van der Waals surface area (Å²) in [6, 6.07) is 14.3. The van der Waals surface area contributed by atoms with Gasteiger partial charge >= 0.3 is 5.97 Å². The molecule has 11 nitrogen and oxygen atoms in total. The van der Waals surface area contributed by atoms with Gasteiger partial charge in [0.25, 0.3) is 5.91 Å². The highest BCUT2D eigenvalue weighted by atomic mass is 16.5. The Morgan fingerprint density at radius 2 is 1.81 bits per heavy atom. The van der Waals surface area contributed by atoms with Gasteiger partial charge in [-0.25, -0.2) is 4.79 Å². The number of carbonyl (C=O) groups is 3. The fraction of sp³-hybridized carbons (Fsp3) is 0.194. The predicted molar refractivity (Wildman–Crippen MR) is 153 cm³/mol. The van der Waals surface area contributed by atoms with E-state index >= 15 is 0 Å². The Labute approximate surface area is 240 Å². The van der Waals surface area contributed by atoms with Crippen LogP contribution >= 0.6 is 0 Å². The quantitative estimate of drug-likeness (QED) is 0.227. The van der Waals surface area contributed by atoms with Crippen LogP contribution in [0.25, 0.3) is 17.0 Å². The van der Waals surface area contributed by atoms with Crippen LogP contribution in [0, 0.1) is 0 Å². The zero-order valence-electron chi connectivity index (χ0n) is 23.1. The third-order valence-corrected chi connectivity index (χ3v) is 6.76. The summed E-state index contributed by atoms with van der Waals surface area (Å²) in [5.41, 5.74) is 2.51. The van der Waals surface area contributed by atoms with Crippen LogP contribution in [-0.4, -0.2) is 61.7 Å². The average molecular weight is 573 g/mol. The number of hydrogen-bond donors (Lipinski definition) is 3. The minimum Gasteiger partial charge on any atom is -0.493 e. The molecule has 0 radical (unpaired) electrons. The molecule has 2 heterocycles. The number of amides is 1. The Hall–Kier alpha value is -5.45. The molecular weight excluding hydrogens is 544 g/mol. The number of para-hydroxylation sites is 1. The van der Waals surface area contributed by atoms with Crippen LogP contribution in [0.5, 0.6) is 28.7 Å². The molecule has 3 N–H and O–H groups in total. The van der Waals surface area contributed by atoms with Gasteiger partial charge in [-0.1, -0.05) is 18.2 Å².